The molecule has 0 saturated heterocycles. The van der Waals surface area contributed by atoms with E-state index >= 15 is 0 Å². The summed E-state index contributed by atoms with van der Waals surface area (Å²) in [6.45, 7) is 1.75. The molecule has 1 N–H and O–H groups in total. The number of amides is 2. The van der Waals surface area contributed by atoms with E-state index in [1.165, 1.54) is 21.3 Å². The van der Waals surface area contributed by atoms with Crippen LogP contribution in [0.5, 0.6) is 17.2 Å². The van der Waals surface area contributed by atoms with Crippen LogP contribution < -0.4 is 19.1 Å². The second-order valence-corrected chi connectivity index (χ2v) is 7.57. The molecule has 0 aromatic heterocycles. The molecule has 7 nitrogen and oxygen atoms in total. The summed E-state index contributed by atoms with van der Waals surface area (Å²) in [4.78, 5) is 28.2. The molecule has 30 heavy (non-hydrogen) atoms. The lowest BCUT2D eigenvalue weighted by atomic mass is 10.1. The van der Waals surface area contributed by atoms with E-state index in [1.54, 1.807) is 30.3 Å². The van der Waals surface area contributed by atoms with Gasteiger partial charge < -0.3 is 19.3 Å². The first kappa shape index (κ1) is 21.7. The lowest BCUT2D eigenvalue weighted by molar-refractivity contribution is -0.119. The molecule has 1 aliphatic heterocycles. The predicted octanol–water partition coefficient (Wildman–Crippen LogP) is 3.03. The molecule has 0 saturated carbocycles. The summed E-state index contributed by atoms with van der Waals surface area (Å²) >= 11 is 1.14. The summed E-state index contributed by atoms with van der Waals surface area (Å²) in [6, 6.07) is 10.4. The quantitative estimate of drug-likeness (QED) is 0.646. The molecule has 0 radical (unpaired) electrons. The lowest BCUT2D eigenvalue weighted by Crippen LogP contribution is -2.31. The lowest BCUT2D eigenvalue weighted by Gasteiger charge is -2.19. The number of thioether (sulfide) groups is 1. The maximum atomic E-state index is 13.5. The smallest absolute Gasteiger partial charge is 0.272 e. The summed E-state index contributed by atoms with van der Waals surface area (Å²) in [5, 5.41) is 9.28. The normalized spacial score (nSPS) is 13.8. The van der Waals surface area contributed by atoms with Gasteiger partial charge in [0.1, 0.15) is 5.75 Å². The maximum absolute atomic E-state index is 13.5. The molecular formula is C22H23NO6S. The highest BCUT2D eigenvalue weighted by atomic mass is 32.2. The van der Waals surface area contributed by atoms with Crippen LogP contribution in [0, 0.1) is 6.92 Å². The van der Waals surface area contributed by atoms with E-state index in [0.717, 1.165) is 22.2 Å². The number of carbonyl (C=O) groups is 2. The highest BCUT2D eigenvalue weighted by Crippen LogP contribution is 2.42. The van der Waals surface area contributed by atoms with E-state index in [4.69, 9.17) is 14.2 Å². The van der Waals surface area contributed by atoms with Gasteiger partial charge in [0.05, 0.1) is 44.1 Å². The zero-order valence-electron chi connectivity index (χ0n) is 17.2. The number of aliphatic hydroxyl groups is 1. The minimum atomic E-state index is -0.462. The van der Waals surface area contributed by atoms with Gasteiger partial charge in [-0.2, -0.15) is 0 Å². The van der Waals surface area contributed by atoms with Crippen molar-refractivity contribution >= 4 is 34.8 Å². The van der Waals surface area contributed by atoms with Crippen LogP contribution in [-0.4, -0.2) is 50.6 Å². The van der Waals surface area contributed by atoms with Crippen LogP contribution in [0.25, 0.3) is 5.57 Å². The van der Waals surface area contributed by atoms with Crippen LogP contribution in [0.3, 0.4) is 0 Å². The standard InChI is InChI=1S/C22H23NO6S/c1-13-5-7-16(27-2)15(11-13)23-21(25)19(20(22(23)26)30-10-9-24)14-6-8-17(28-3)18(12-14)29-4/h5-8,11-12,24H,9-10H2,1-4H3. The highest BCUT2D eigenvalue weighted by Gasteiger charge is 2.41. The Morgan fingerprint density at radius 3 is 2.20 bits per heavy atom. The maximum Gasteiger partial charge on any atom is 0.272 e. The SMILES string of the molecule is COc1ccc(C2=C(SCCO)C(=O)N(c3cc(C)ccc3OC)C2=O)cc1OC. The topological polar surface area (TPSA) is 85.3 Å². The van der Waals surface area contributed by atoms with E-state index < -0.39 is 11.8 Å². The van der Waals surface area contributed by atoms with Crippen molar-refractivity contribution in [2.75, 3.05) is 38.6 Å². The van der Waals surface area contributed by atoms with Crippen molar-refractivity contribution in [2.45, 2.75) is 6.92 Å². The average Bonchev–Trinajstić information content (AvgIpc) is 3.00. The Balaban J connectivity index is 2.15. The largest absolute Gasteiger partial charge is 0.495 e. The summed E-state index contributed by atoms with van der Waals surface area (Å²) in [6.07, 6.45) is 0. The van der Waals surface area contributed by atoms with E-state index in [0.29, 0.717) is 28.5 Å². The van der Waals surface area contributed by atoms with Crippen molar-refractivity contribution in [3.05, 3.63) is 52.4 Å². The van der Waals surface area contributed by atoms with E-state index in [1.807, 2.05) is 13.0 Å². The van der Waals surface area contributed by atoms with Gasteiger partial charge in [0.25, 0.3) is 11.8 Å². The molecule has 0 fully saturated rings. The number of methoxy groups -OCH3 is 3. The van der Waals surface area contributed by atoms with Gasteiger partial charge in [0.2, 0.25) is 0 Å². The number of aryl methyl sites for hydroxylation is 1. The summed E-state index contributed by atoms with van der Waals surface area (Å²) in [5.41, 5.74) is 2.05. The zero-order chi connectivity index (χ0) is 21.8. The predicted molar refractivity (Wildman–Crippen MR) is 116 cm³/mol. The van der Waals surface area contributed by atoms with Crippen molar-refractivity contribution in [1.82, 2.24) is 0 Å². The minimum absolute atomic E-state index is 0.122. The highest BCUT2D eigenvalue weighted by molar-refractivity contribution is 8.04. The van der Waals surface area contributed by atoms with Crippen molar-refractivity contribution < 1.29 is 28.9 Å². The van der Waals surface area contributed by atoms with Crippen LogP contribution in [-0.2, 0) is 9.59 Å². The Labute approximate surface area is 179 Å². The minimum Gasteiger partial charge on any atom is -0.495 e. The van der Waals surface area contributed by atoms with Crippen LogP contribution in [0.2, 0.25) is 0 Å². The van der Waals surface area contributed by atoms with Gasteiger partial charge in [-0.1, -0.05) is 12.1 Å². The van der Waals surface area contributed by atoms with Crippen molar-refractivity contribution in [2.24, 2.45) is 0 Å². The Kier molecular flexibility index (Phi) is 6.69. The van der Waals surface area contributed by atoms with Gasteiger partial charge in [-0.3, -0.25) is 9.59 Å². The molecule has 0 aliphatic carbocycles. The fraction of sp³-hybridized carbons (Fsp3) is 0.273. The number of nitrogens with zero attached hydrogens (tertiary/aromatic N) is 1. The fourth-order valence-electron chi connectivity index (χ4n) is 3.23. The summed E-state index contributed by atoms with van der Waals surface area (Å²) in [5.74, 6) is 0.747. The number of rotatable bonds is 8. The average molecular weight is 429 g/mol. The number of anilines is 1. The third-order valence-electron chi connectivity index (χ3n) is 4.63. The van der Waals surface area contributed by atoms with Crippen LogP contribution in [0.1, 0.15) is 11.1 Å². The molecule has 2 aromatic carbocycles. The van der Waals surface area contributed by atoms with E-state index in [2.05, 4.69) is 0 Å². The molecule has 1 heterocycles. The van der Waals surface area contributed by atoms with Crippen molar-refractivity contribution in [3.63, 3.8) is 0 Å². The summed E-state index contributed by atoms with van der Waals surface area (Å²) in [7, 11) is 4.52. The van der Waals surface area contributed by atoms with Gasteiger partial charge in [-0.05, 0) is 42.3 Å². The van der Waals surface area contributed by atoms with Crippen LogP contribution in [0.15, 0.2) is 41.3 Å². The van der Waals surface area contributed by atoms with Gasteiger partial charge in [-0.25, -0.2) is 4.90 Å². The third-order valence-corrected chi connectivity index (χ3v) is 5.68. The molecule has 2 aromatic rings. The number of ether oxygens (including phenoxy) is 3. The molecule has 0 atom stereocenters. The molecule has 0 unspecified atom stereocenters. The van der Waals surface area contributed by atoms with Crippen LogP contribution in [0.4, 0.5) is 5.69 Å². The van der Waals surface area contributed by atoms with Crippen molar-refractivity contribution in [3.8, 4) is 17.2 Å². The molecule has 0 spiro atoms. The molecule has 1 aliphatic rings. The Morgan fingerprint density at radius 2 is 1.57 bits per heavy atom. The monoisotopic (exact) mass is 429 g/mol. The van der Waals surface area contributed by atoms with Gasteiger partial charge in [0, 0.05) is 5.75 Å². The number of imide groups is 1. The Hall–Kier alpha value is -2.97. The molecule has 2 amide bonds. The second kappa shape index (κ2) is 9.23. The number of benzene rings is 2. The zero-order valence-corrected chi connectivity index (χ0v) is 18.0. The molecule has 0 bridgehead atoms. The van der Waals surface area contributed by atoms with Crippen molar-refractivity contribution in [1.29, 1.82) is 0 Å². The second-order valence-electron chi connectivity index (χ2n) is 6.47. The number of aliphatic hydroxyl groups excluding tert-OH is 1. The van der Waals surface area contributed by atoms with Gasteiger partial charge in [0.15, 0.2) is 11.5 Å². The number of hydrogen-bond donors (Lipinski definition) is 1. The number of carbonyl (C=O) groups excluding carboxylic acids is 2. The van der Waals surface area contributed by atoms with E-state index in [9.17, 15) is 14.7 Å². The first-order valence-corrected chi connectivity index (χ1v) is 10.2. The first-order chi connectivity index (χ1) is 14.5. The molecule has 8 heteroatoms. The first-order valence-electron chi connectivity index (χ1n) is 9.20. The number of hydrogen-bond acceptors (Lipinski definition) is 7. The summed E-state index contributed by atoms with van der Waals surface area (Å²) < 4.78 is 16.0. The van der Waals surface area contributed by atoms with E-state index in [-0.39, 0.29) is 22.8 Å². The van der Waals surface area contributed by atoms with Gasteiger partial charge >= 0.3 is 0 Å². The molecule has 3 rings (SSSR count). The van der Waals surface area contributed by atoms with Gasteiger partial charge in [-0.15, -0.1) is 11.8 Å². The fourth-order valence-corrected chi connectivity index (χ4v) is 4.09. The molecule has 158 valence electrons. The Morgan fingerprint density at radius 1 is 0.900 bits per heavy atom. The third kappa shape index (κ3) is 3.88. The Bertz CT molecular complexity index is 1020. The van der Waals surface area contributed by atoms with Crippen LogP contribution >= 0.6 is 11.8 Å². The molecular weight excluding hydrogens is 406 g/mol.